The highest BCUT2D eigenvalue weighted by Gasteiger charge is 2.30. The Morgan fingerprint density at radius 2 is 1.90 bits per heavy atom. The molecule has 0 bridgehead atoms. The zero-order valence-electron chi connectivity index (χ0n) is 11.0. The molecule has 0 aromatic heterocycles. The van der Waals surface area contributed by atoms with E-state index in [1.54, 1.807) is 0 Å². The number of rotatable bonds is 2. The predicted octanol–water partition coefficient (Wildman–Crippen LogP) is 5.73. The number of benzene rings is 2. The van der Waals surface area contributed by atoms with Crippen molar-refractivity contribution in [3.63, 3.8) is 0 Å². The van der Waals surface area contributed by atoms with Crippen molar-refractivity contribution < 1.29 is 13.5 Å². The van der Waals surface area contributed by atoms with Crippen molar-refractivity contribution in [2.75, 3.05) is 6.61 Å². The maximum absolute atomic E-state index is 14.2. The molecule has 1 aliphatic heterocycles. The van der Waals surface area contributed by atoms with Gasteiger partial charge in [-0.1, -0.05) is 34.1 Å². The summed E-state index contributed by atoms with van der Waals surface area (Å²) in [6.07, 6.45) is 0.754. The van der Waals surface area contributed by atoms with Crippen LogP contribution in [-0.4, -0.2) is 6.61 Å². The van der Waals surface area contributed by atoms with Gasteiger partial charge >= 0.3 is 0 Å². The standard InChI is InChI=1S/C16H12Br2F2O/c17-12-8-13(19)11(7-14(12)20)16(18)10-5-6-21-15-4-2-1-3-9(10)15/h1-4,7-8,10,16H,5-6H2. The summed E-state index contributed by atoms with van der Waals surface area (Å²) in [5.41, 5.74) is 1.35. The van der Waals surface area contributed by atoms with E-state index in [0.717, 1.165) is 17.7 Å². The summed E-state index contributed by atoms with van der Waals surface area (Å²) in [5.74, 6) is -0.0217. The van der Waals surface area contributed by atoms with E-state index in [0.29, 0.717) is 12.2 Å². The lowest BCUT2D eigenvalue weighted by Gasteiger charge is -2.29. The summed E-state index contributed by atoms with van der Waals surface area (Å²) >= 11 is 6.55. The second-order valence-corrected chi connectivity index (χ2v) is 6.81. The Balaban J connectivity index is 2.00. The third kappa shape index (κ3) is 2.86. The van der Waals surface area contributed by atoms with Crippen LogP contribution in [0.25, 0.3) is 0 Å². The molecule has 21 heavy (non-hydrogen) atoms. The van der Waals surface area contributed by atoms with E-state index >= 15 is 0 Å². The van der Waals surface area contributed by atoms with Gasteiger partial charge in [-0.05, 0) is 46.1 Å². The van der Waals surface area contributed by atoms with Crippen molar-refractivity contribution in [1.82, 2.24) is 0 Å². The summed E-state index contributed by atoms with van der Waals surface area (Å²) in [6.45, 7) is 0.574. The van der Waals surface area contributed by atoms with E-state index in [1.165, 1.54) is 12.1 Å². The summed E-state index contributed by atoms with van der Waals surface area (Å²) in [4.78, 5) is -0.301. The molecule has 1 heterocycles. The van der Waals surface area contributed by atoms with Crippen LogP contribution >= 0.6 is 31.9 Å². The molecule has 2 atom stereocenters. The zero-order chi connectivity index (χ0) is 15.0. The molecule has 3 rings (SSSR count). The first-order chi connectivity index (χ1) is 10.1. The molecule has 2 aromatic carbocycles. The highest BCUT2D eigenvalue weighted by atomic mass is 79.9. The minimum Gasteiger partial charge on any atom is -0.493 e. The van der Waals surface area contributed by atoms with E-state index in [2.05, 4.69) is 31.9 Å². The molecule has 0 saturated heterocycles. The Kier molecular flexibility index (Phi) is 4.31. The van der Waals surface area contributed by atoms with Gasteiger partial charge in [0.25, 0.3) is 0 Å². The molecule has 0 fully saturated rings. The highest BCUT2D eigenvalue weighted by Crippen LogP contribution is 2.46. The van der Waals surface area contributed by atoms with E-state index in [9.17, 15) is 8.78 Å². The lowest BCUT2D eigenvalue weighted by Crippen LogP contribution is -2.18. The van der Waals surface area contributed by atoms with Crippen LogP contribution in [0.2, 0.25) is 0 Å². The fraction of sp³-hybridized carbons (Fsp3) is 0.250. The van der Waals surface area contributed by atoms with Crippen molar-refractivity contribution >= 4 is 31.9 Å². The van der Waals surface area contributed by atoms with Crippen molar-refractivity contribution in [1.29, 1.82) is 0 Å². The molecular weight excluding hydrogens is 406 g/mol. The first-order valence-corrected chi connectivity index (χ1v) is 8.29. The van der Waals surface area contributed by atoms with Gasteiger partial charge in [-0.15, -0.1) is 0 Å². The zero-order valence-corrected chi connectivity index (χ0v) is 14.1. The molecule has 2 unspecified atom stereocenters. The Morgan fingerprint density at radius 1 is 1.14 bits per heavy atom. The van der Waals surface area contributed by atoms with Gasteiger partial charge in [0.15, 0.2) is 0 Å². The van der Waals surface area contributed by atoms with Crippen LogP contribution in [0.4, 0.5) is 8.78 Å². The fourth-order valence-electron chi connectivity index (χ4n) is 2.64. The van der Waals surface area contributed by atoms with E-state index in [1.807, 2.05) is 24.3 Å². The minimum absolute atomic E-state index is 0.0463. The molecule has 0 N–H and O–H groups in total. The van der Waals surface area contributed by atoms with E-state index < -0.39 is 11.6 Å². The van der Waals surface area contributed by atoms with Gasteiger partial charge in [-0.3, -0.25) is 0 Å². The van der Waals surface area contributed by atoms with Gasteiger partial charge in [0, 0.05) is 16.3 Å². The maximum Gasteiger partial charge on any atom is 0.137 e. The average Bonchev–Trinajstić information content (AvgIpc) is 2.49. The van der Waals surface area contributed by atoms with Crippen LogP contribution in [0, 0.1) is 11.6 Å². The van der Waals surface area contributed by atoms with Crippen LogP contribution in [-0.2, 0) is 0 Å². The van der Waals surface area contributed by atoms with Crippen molar-refractivity contribution in [3.8, 4) is 5.75 Å². The molecule has 2 aromatic rings. The second-order valence-electron chi connectivity index (χ2n) is 4.97. The Bertz CT molecular complexity index is 675. The lowest BCUT2D eigenvalue weighted by atomic mass is 9.87. The van der Waals surface area contributed by atoms with Gasteiger partial charge in [0.2, 0.25) is 0 Å². The molecule has 1 nitrogen and oxygen atoms in total. The van der Waals surface area contributed by atoms with Crippen LogP contribution in [0.3, 0.4) is 0 Å². The van der Waals surface area contributed by atoms with E-state index in [-0.39, 0.29) is 15.2 Å². The largest absolute Gasteiger partial charge is 0.493 e. The summed E-state index contributed by atoms with van der Waals surface area (Å²) in [7, 11) is 0. The molecule has 5 heteroatoms. The number of ether oxygens (including phenoxy) is 1. The van der Waals surface area contributed by atoms with Gasteiger partial charge in [0.05, 0.1) is 11.1 Å². The molecule has 0 spiro atoms. The first-order valence-electron chi connectivity index (χ1n) is 6.58. The van der Waals surface area contributed by atoms with Gasteiger partial charge < -0.3 is 4.74 Å². The van der Waals surface area contributed by atoms with Crippen LogP contribution in [0.1, 0.15) is 28.3 Å². The first kappa shape index (κ1) is 15.0. The van der Waals surface area contributed by atoms with Crippen LogP contribution in [0.5, 0.6) is 5.75 Å². The second kappa shape index (κ2) is 6.05. The quantitative estimate of drug-likeness (QED) is 0.447. The SMILES string of the molecule is Fc1cc(C(Br)C2CCOc3ccccc32)c(F)cc1Br. The minimum atomic E-state index is -0.462. The van der Waals surface area contributed by atoms with E-state index in [4.69, 9.17) is 4.74 Å². The fourth-order valence-corrected chi connectivity index (χ4v) is 3.86. The van der Waals surface area contributed by atoms with Gasteiger partial charge in [-0.2, -0.15) is 0 Å². The average molecular weight is 418 g/mol. The van der Waals surface area contributed by atoms with Crippen LogP contribution < -0.4 is 4.74 Å². The normalized spacial score (nSPS) is 18.8. The predicted molar refractivity (Wildman–Crippen MR) is 85.0 cm³/mol. The third-order valence-electron chi connectivity index (χ3n) is 3.69. The Labute approximate surface area is 138 Å². The topological polar surface area (TPSA) is 9.23 Å². The van der Waals surface area contributed by atoms with Gasteiger partial charge in [-0.25, -0.2) is 8.78 Å². The number of halogens is 4. The molecule has 0 aliphatic carbocycles. The van der Waals surface area contributed by atoms with Crippen LogP contribution in [0.15, 0.2) is 40.9 Å². The summed E-state index contributed by atoms with van der Waals surface area (Å²) in [6, 6.07) is 10.1. The number of hydrogen-bond acceptors (Lipinski definition) is 1. The Hall–Kier alpha value is -0.940. The summed E-state index contributed by atoms with van der Waals surface area (Å²) in [5, 5.41) is 0. The molecular formula is C16H12Br2F2O. The Morgan fingerprint density at radius 3 is 2.71 bits per heavy atom. The third-order valence-corrected chi connectivity index (χ3v) is 5.43. The molecule has 0 amide bonds. The van der Waals surface area contributed by atoms with Gasteiger partial charge in [0.1, 0.15) is 17.4 Å². The number of fused-ring (bicyclic) bond motifs is 1. The number of para-hydroxylation sites is 1. The van der Waals surface area contributed by atoms with Crippen molar-refractivity contribution in [2.24, 2.45) is 0 Å². The number of hydrogen-bond donors (Lipinski definition) is 0. The highest BCUT2D eigenvalue weighted by molar-refractivity contribution is 9.10. The lowest BCUT2D eigenvalue weighted by molar-refractivity contribution is 0.265. The van der Waals surface area contributed by atoms with Crippen molar-refractivity contribution in [2.45, 2.75) is 17.2 Å². The molecule has 110 valence electrons. The van der Waals surface area contributed by atoms with Crippen molar-refractivity contribution in [3.05, 3.63) is 63.6 Å². The smallest absolute Gasteiger partial charge is 0.137 e. The molecule has 0 radical (unpaired) electrons. The number of alkyl halides is 1. The monoisotopic (exact) mass is 416 g/mol. The summed E-state index contributed by atoms with van der Waals surface area (Å²) < 4.78 is 33.6. The maximum atomic E-state index is 14.2. The molecule has 0 saturated carbocycles. The molecule has 1 aliphatic rings.